The highest BCUT2D eigenvalue weighted by molar-refractivity contribution is 5.86. The van der Waals surface area contributed by atoms with Gasteiger partial charge >= 0.3 is 5.97 Å². The molecular formula is C12H12N4O2. The molecule has 0 saturated carbocycles. The molecule has 0 aliphatic rings. The van der Waals surface area contributed by atoms with Gasteiger partial charge in [-0.3, -0.25) is 4.98 Å². The fraction of sp³-hybridized carbons (Fsp3) is 0.167. The molecule has 0 radical (unpaired) electrons. The van der Waals surface area contributed by atoms with E-state index in [2.05, 4.69) is 20.3 Å². The number of carboxylic acid groups (broad SMARTS) is 1. The third-order valence-corrected chi connectivity index (χ3v) is 2.22. The highest BCUT2D eigenvalue weighted by Crippen LogP contribution is 2.16. The van der Waals surface area contributed by atoms with Crippen molar-refractivity contribution >= 4 is 11.8 Å². The molecule has 2 heterocycles. The zero-order valence-corrected chi connectivity index (χ0v) is 9.79. The van der Waals surface area contributed by atoms with E-state index in [1.54, 1.807) is 24.5 Å². The van der Waals surface area contributed by atoms with Gasteiger partial charge in [-0.05, 0) is 19.1 Å². The van der Waals surface area contributed by atoms with E-state index < -0.39 is 5.97 Å². The number of hydrogen-bond donors (Lipinski definition) is 2. The third kappa shape index (κ3) is 2.60. The number of hydrogen-bond acceptors (Lipinski definition) is 5. The first kappa shape index (κ1) is 12.0. The van der Waals surface area contributed by atoms with E-state index in [0.29, 0.717) is 23.8 Å². The number of nitrogens with one attached hydrogen (secondary N) is 1. The highest BCUT2D eigenvalue weighted by Gasteiger charge is 2.11. The number of carbonyl (C=O) groups is 1. The van der Waals surface area contributed by atoms with Crippen LogP contribution in [0.3, 0.4) is 0 Å². The number of carboxylic acids is 1. The largest absolute Gasteiger partial charge is 0.477 e. The van der Waals surface area contributed by atoms with Crippen LogP contribution < -0.4 is 5.32 Å². The van der Waals surface area contributed by atoms with Gasteiger partial charge in [0.1, 0.15) is 5.82 Å². The fourth-order valence-corrected chi connectivity index (χ4v) is 1.45. The number of aromatic nitrogens is 3. The van der Waals surface area contributed by atoms with Crippen molar-refractivity contribution in [3.63, 3.8) is 0 Å². The SMILES string of the molecule is CCNc1cc(C(=O)O)nc(-c2cccnc2)n1. The molecular weight excluding hydrogens is 232 g/mol. The minimum atomic E-state index is -1.08. The molecule has 92 valence electrons. The number of anilines is 1. The maximum Gasteiger partial charge on any atom is 0.354 e. The van der Waals surface area contributed by atoms with Gasteiger partial charge in [-0.2, -0.15) is 0 Å². The van der Waals surface area contributed by atoms with Gasteiger partial charge in [-0.25, -0.2) is 14.8 Å². The molecule has 0 spiro atoms. The van der Waals surface area contributed by atoms with Gasteiger partial charge in [0.2, 0.25) is 0 Å². The van der Waals surface area contributed by atoms with Crippen LogP contribution in [0, 0.1) is 0 Å². The lowest BCUT2D eigenvalue weighted by molar-refractivity contribution is 0.0690. The molecule has 2 N–H and O–H groups in total. The van der Waals surface area contributed by atoms with Gasteiger partial charge in [-0.1, -0.05) is 0 Å². The van der Waals surface area contributed by atoms with Gasteiger partial charge in [0, 0.05) is 30.6 Å². The molecule has 0 unspecified atom stereocenters. The van der Waals surface area contributed by atoms with Gasteiger partial charge in [0.15, 0.2) is 11.5 Å². The average molecular weight is 244 g/mol. The quantitative estimate of drug-likeness (QED) is 0.850. The molecule has 2 aromatic rings. The van der Waals surface area contributed by atoms with Crippen molar-refractivity contribution < 1.29 is 9.90 Å². The summed E-state index contributed by atoms with van der Waals surface area (Å²) < 4.78 is 0. The predicted molar refractivity (Wildman–Crippen MR) is 66.4 cm³/mol. The van der Waals surface area contributed by atoms with Crippen LogP contribution in [0.1, 0.15) is 17.4 Å². The molecule has 0 saturated heterocycles. The normalized spacial score (nSPS) is 10.1. The zero-order chi connectivity index (χ0) is 13.0. The van der Waals surface area contributed by atoms with Crippen molar-refractivity contribution in [3.05, 3.63) is 36.3 Å². The van der Waals surface area contributed by atoms with Crippen LogP contribution in [-0.2, 0) is 0 Å². The third-order valence-electron chi connectivity index (χ3n) is 2.22. The lowest BCUT2D eigenvalue weighted by Crippen LogP contribution is -2.07. The first-order valence-corrected chi connectivity index (χ1v) is 5.47. The van der Waals surface area contributed by atoms with Crippen LogP contribution in [0.2, 0.25) is 0 Å². The number of pyridine rings is 1. The molecule has 6 heteroatoms. The van der Waals surface area contributed by atoms with Crippen molar-refractivity contribution in [1.82, 2.24) is 15.0 Å². The topological polar surface area (TPSA) is 88.0 Å². The van der Waals surface area contributed by atoms with Gasteiger partial charge < -0.3 is 10.4 Å². The molecule has 2 aromatic heterocycles. The monoisotopic (exact) mass is 244 g/mol. The van der Waals surface area contributed by atoms with Crippen LogP contribution in [0.15, 0.2) is 30.6 Å². The lowest BCUT2D eigenvalue weighted by Gasteiger charge is -2.06. The van der Waals surface area contributed by atoms with Crippen molar-refractivity contribution in [2.75, 3.05) is 11.9 Å². The van der Waals surface area contributed by atoms with Crippen LogP contribution in [0.5, 0.6) is 0 Å². The first-order chi connectivity index (χ1) is 8.70. The van der Waals surface area contributed by atoms with Gasteiger partial charge in [0.05, 0.1) is 0 Å². The maximum absolute atomic E-state index is 11.0. The number of nitrogens with zero attached hydrogens (tertiary/aromatic N) is 3. The summed E-state index contributed by atoms with van der Waals surface area (Å²) in [6.07, 6.45) is 3.23. The Morgan fingerprint density at radius 2 is 2.28 bits per heavy atom. The van der Waals surface area contributed by atoms with Crippen molar-refractivity contribution in [1.29, 1.82) is 0 Å². The molecule has 0 fully saturated rings. The number of aromatic carboxylic acids is 1. The second-order valence-electron chi connectivity index (χ2n) is 3.54. The molecule has 0 aliphatic carbocycles. The minimum Gasteiger partial charge on any atom is -0.477 e. The standard InChI is InChI=1S/C12H12N4O2/c1-2-14-10-6-9(12(17)18)15-11(16-10)8-4-3-5-13-7-8/h3-7H,2H2,1H3,(H,17,18)(H,14,15,16). The Bertz CT molecular complexity index is 557. The van der Waals surface area contributed by atoms with Crippen LogP contribution in [0.25, 0.3) is 11.4 Å². The summed E-state index contributed by atoms with van der Waals surface area (Å²) in [6.45, 7) is 2.56. The van der Waals surface area contributed by atoms with E-state index in [-0.39, 0.29) is 5.69 Å². The van der Waals surface area contributed by atoms with E-state index in [0.717, 1.165) is 0 Å². The average Bonchev–Trinajstić information content (AvgIpc) is 2.40. The van der Waals surface area contributed by atoms with Gasteiger partial charge in [-0.15, -0.1) is 0 Å². The van der Waals surface area contributed by atoms with E-state index >= 15 is 0 Å². The Morgan fingerprint density at radius 1 is 1.44 bits per heavy atom. The summed E-state index contributed by atoms with van der Waals surface area (Å²) in [4.78, 5) is 23.2. The second kappa shape index (κ2) is 5.22. The first-order valence-electron chi connectivity index (χ1n) is 5.47. The van der Waals surface area contributed by atoms with Gasteiger partial charge in [0.25, 0.3) is 0 Å². The molecule has 0 bridgehead atoms. The summed E-state index contributed by atoms with van der Waals surface area (Å²) in [5.41, 5.74) is 0.638. The van der Waals surface area contributed by atoms with Crippen LogP contribution in [-0.4, -0.2) is 32.6 Å². The van der Waals surface area contributed by atoms with Crippen molar-refractivity contribution in [3.8, 4) is 11.4 Å². The van der Waals surface area contributed by atoms with E-state index in [4.69, 9.17) is 5.11 Å². The predicted octanol–water partition coefficient (Wildman–Crippen LogP) is 1.67. The smallest absolute Gasteiger partial charge is 0.354 e. The fourth-order valence-electron chi connectivity index (χ4n) is 1.45. The molecule has 0 atom stereocenters. The summed E-state index contributed by atoms with van der Waals surface area (Å²) in [7, 11) is 0. The molecule has 6 nitrogen and oxygen atoms in total. The minimum absolute atomic E-state index is 0.0418. The second-order valence-corrected chi connectivity index (χ2v) is 3.54. The summed E-state index contributed by atoms with van der Waals surface area (Å²) >= 11 is 0. The Kier molecular flexibility index (Phi) is 3.47. The molecule has 2 rings (SSSR count). The van der Waals surface area contributed by atoms with Crippen LogP contribution >= 0.6 is 0 Å². The molecule has 0 aromatic carbocycles. The summed E-state index contributed by atoms with van der Waals surface area (Å²) in [6, 6.07) is 4.94. The number of rotatable bonds is 4. The lowest BCUT2D eigenvalue weighted by atomic mass is 10.2. The van der Waals surface area contributed by atoms with Crippen LogP contribution in [0.4, 0.5) is 5.82 Å². The summed E-state index contributed by atoms with van der Waals surface area (Å²) in [5, 5.41) is 12.0. The van der Waals surface area contributed by atoms with Crippen molar-refractivity contribution in [2.45, 2.75) is 6.92 Å². The summed E-state index contributed by atoms with van der Waals surface area (Å²) in [5.74, 6) is -0.246. The van der Waals surface area contributed by atoms with Crippen molar-refractivity contribution in [2.24, 2.45) is 0 Å². The Morgan fingerprint density at radius 3 is 2.89 bits per heavy atom. The Labute approximate surface area is 104 Å². The molecule has 18 heavy (non-hydrogen) atoms. The highest BCUT2D eigenvalue weighted by atomic mass is 16.4. The Balaban J connectivity index is 2.50. The van der Waals surface area contributed by atoms with E-state index in [9.17, 15) is 4.79 Å². The zero-order valence-electron chi connectivity index (χ0n) is 9.79. The van der Waals surface area contributed by atoms with E-state index in [1.165, 1.54) is 6.07 Å². The molecule has 0 aliphatic heterocycles. The van der Waals surface area contributed by atoms with E-state index in [1.807, 2.05) is 6.92 Å². The Hall–Kier alpha value is -2.50. The maximum atomic E-state index is 11.0. The molecule has 0 amide bonds.